The number of carbonyl (C=O) groups is 2. The molecule has 1 aliphatic rings. The Morgan fingerprint density at radius 1 is 1.13 bits per heavy atom. The Morgan fingerprint density at radius 3 is 2.27 bits per heavy atom. The molecule has 1 amide bonds. The molecule has 0 saturated carbocycles. The van der Waals surface area contributed by atoms with Gasteiger partial charge in [-0.3, -0.25) is 9.59 Å². The number of hydrogen-bond acceptors (Lipinski definition) is 5. The minimum atomic E-state index is -3.58. The molecule has 1 saturated heterocycles. The third-order valence-electron chi connectivity index (χ3n) is 5.45. The molecule has 1 aromatic rings. The van der Waals surface area contributed by atoms with Crippen molar-refractivity contribution >= 4 is 21.9 Å². The van der Waals surface area contributed by atoms with Gasteiger partial charge in [0.05, 0.1) is 10.8 Å². The van der Waals surface area contributed by atoms with Crippen molar-refractivity contribution in [1.82, 2.24) is 9.62 Å². The van der Waals surface area contributed by atoms with Gasteiger partial charge < -0.3 is 10.1 Å². The predicted octanol–water partition coefficient (Wildman–Crippen LogP) is 3.06. The zero-order valence-corrected chi connectivity index (χ0v) is 19.2. The summed E-state index contributed by atoms with van der Waals surface area (Å²) in [6.45, 7) is 8.28. The van der Waals surface area contributed by atoms with Crippen LogP contribution >= 0.6 is 0 Å². The van der Waals surface area contributed by atoms with Crippen LogP contribution < -0.4 is 5.32 Å². The van der Waals surface area contributed by atoms with Crippen LogP contribution in [-0.4, -0.2) is 50.3 Å². The van der Waals surface area contributed by atoms with E-state index in [9.17, 15) is 18.0 Å². The minimum absolute atomic E-state index is 0.0456. The van der Waals surface area contributed by atoms with Crippen molar-refractivity contribution in [2.45, 2.75) is 70.2 Å². The van der Waals surface area contributed by atoms with Crippen molar-refractivity contribution in [1.29, 1.82) is 0 Å². The number of nitrogens with zero attached hydrogens (tertiary/aromatic N) is 1. The average Bonchev–Trinajstić information content (AvgIpc) is 2.72. The fraction of sp³-hybridized carbons (Fsp3) is 0.636. The van der Waals surface area contributed by atoms with Crippen molar-refractivity contribution in [2.24, 2.45) is 5.92 Å². The van der Waals surface area contributed by atoms with Crippen molar-refractivity contribution in [3.63, 3.8) is 0 Å². The van der Waals surface area contributed by atoms with Crippen LogP contribution in [0.5, 0.6) is 0 Å². The molecule has 7 nitrogen and oxygen atoms in total. The number of nitrogens with one attached hydrogen (secondary N) is 1. The number of hydrogen-bond donors (Lipinski definition) is 1. The predicted molar refractivity (Wildman–Crippen MR) is 115 cm³/mol. The van der Waals surface area contributed by atoms with Gasteiger partial charge in [0.1, 0.15) is 0 Å². The molecule has 0 radical (unpaired) electrons. The molecule has 0 spiro atoms. The van der Waals surface area contributed by atoms with Crippen molar-refractivity contribution < 1.29 is 22.7 Å². The van der Waals surface area contributed by atoms with Crippen LogP contribution in [-0.2, 0) is 24.3 Å². The molecule has 1 aromatic carbocycles. The number of carbonyl (C=O) groups excluding carboxylic acids is 2. The monoisotopic (exact) mass is 438 g/mol. The summed E-state index contributed by atoms with van der Waals surface area (Å²) in [6, 6.07) is 7.01. The molecule has 0 aliphatic carbocycles. The van der Waals surface area contributed by atoms with E-state index >= 15 is 0 Å². The Labute approximate surface area is 180 Å². The summed E-state index contributed by atoms with van der Waals surface area (Å²) >= 11 is 0. The van der Waals surface area contributed by atoms with E-state index in [4.69, 9.17) is 4.74 Å². The van der Waals surface area contributed by atoms with Gasteiger partial charge in [0.2, 0.25) is 10.0 Å². The first-order valence-corrected chi connectivity index (χ1v) is 12.1. The summed E-state index contributed by atoms with van der Waals surface area (Å²) in [5.41, 5.74) is 1.09. The molecule has 0 bridgehead atoms. The Bertz CT molecular complexity index is 812. The number of ether oxygens (including phenoxy) is 1. The third kappa shape index (κ3) is 6.54. The van der Waals surface area contributed by atoms with Gasteiger partial charge >= 0.3 is 5.97 Å². The van der Waals surface area contributed by atoms with Crippen LogP contribution in [0.4, 0.5) is 0 Å². The highest BCUT2D eigenvalue weighted by Gasteiger charge is 2.33. The van der Waals surface area contributed by atoms with E-state index in [1.54, 1.807) is 12.1 Å². The molecular weight excluding hydrogens is 404 g/mol. The van der Waals surface area contributed by atoms with Gasteiger partial charge in [-0.1, -0.05) is 39.3 Å². The van der Waals surface area contributed by atoms with Crippen LogP contribution in [0.3, 0.4) is 0 Å². The van der Waals surface area contributed by atoms with Crippen molar-refractivity contribution in [3.05, 3.63) is 29.8 Å². The first-order chi connectivity index (χ1) is 14.1. The van der Waals surface area contributed by atoms with Crippen LogP contribution in [0.15, 0.2) is 29.2 Å². The second-order valence-corrected chi connectivity index (χ2v) is 10.2. The molecule has 1 aliphatic heterocycles. The summed E-state index contributed by atoms with van der Waals surface area (Å²) < 4.78 is 32.3. The Kier molecular flexibility index (Phi) is 8.85. The van der Waals surface area contributed by atoms with Gasteiger partial charge in [0, 0.05) is 19.1 Å². The molecule has 168 valence electrons. The minimum Gasteiger partial charge on any atom is -0.455 e. The zero-order valence-electron chi connectivity index (χ0n) is 18.4. The summed E-state index contributed by atoms with van der Waals surface area (Å²) in [7, 11) is -3.58. The number of sulfonamides is 1. The molecule has 1 fully saturated rings. The lowest BCUT2D eigenvalue weighted by Gasteiger charge is -2.30. The van der Waals surface area contributed by atoms with E-state index in [0.29, 0.717) is 18.8 Å². The first-order valence-electron chi connectivity index (χ1n) is 10.7. The highest BCUT2D eigenvalue weighted by atomic mass is 32.2. The maximum atomic E-state index is 12.9. The second-order valence-electron chi connectivity index (χ2n) is 8.27. The largest absolute Gasteiger partial charge is 0.455 e. The molecule has 1 heterocycles. The topological polar surface area (TPSA) is 92.8 Å². The smallest absolute Gasteiger partial charge is 0.309 e. The molecule has 1 N–H and O–H groups in total. The summed E-state index contributed by atoms with van der Waals surface area (Å²) in [4.78, 5) is 24.4. The zero-order chi connectivity index (χ0) is 22.3. The molecule has 30 heavy (non-hydrogen) atoms. The first kappa shape index (κ1) is 24.3. The number of esters is 1. The van der Waals surface area contributed by atoms with Crippen molar-refractivity contribution in [2.75, 3.05) is 19.7 Å². The Hall–Kier alpha value is -1.93. The SMILES string of the molecule is CCCC(C)NC(=O)COC(=O)C1CCN(S(=O)(=O)c2ccc(C(C)C)cc2)CC1. The lowest BCUT2D eigenvalue weighted by molar-refractivity contribution is -0.153. The van der Waals surface area contributed by atoms with Crippen LogP contribution in [0.2, 0.25) is 0 Å². The standard InChI is InChI=1S/C22H34N2O5S/c1-5-6-17(4)23-21(25)15-29-22(26)19-11-13-24(14-12-19)30(27,28)20-9-7-18(8-10-20)16(2)3/h7-10,16-17,19H,5-6,11-15H2,1-4H3,(H,23,25). The third-order valence-corrected chi connectivity index (χ3v) is 7.36. The molecule has 1 atom stereocenters. The lowest BCUT2D eigenvalue weighted by Crippen LogP contribution is -2.41. The van der Waals surface area contributed by atoms with Gasteiger partial charge in [-0.2, -0.15) is 4.31 Å². The van der Waals surface area contributed by atoms with Crippen LogP contribution in [0.1, 0.15) is 64.9 Å². The Morgan fingerprint density at radius 2 is 1.73 bits per heavy atom. The van der Waals surface area contributed by atoms with Gasteiger partial charge in [-0.15, -0.1) is 0 Å². The lowest BCUT2D eigenvalue weighted by atomic mass is 9.98. The fourth-order valence-corrected chi connectivity index (χ4v) is 5.05. The molecular formula is C22H34N2O5S. The van der Waals surface area contributed by atoms with E-state index in [1.165, 1.54) is 4.31 Å². The van der Waals surface area contributed by atoms with E-state index < -0.39 is 16.0 Å². The maximum absolute atomic E-state index is 12.9. The summed E-state index contributed by atoms with van der Waals surface area (Å²) in [6.07, 6.45) is 2.60. The highest BCUT2D eigenvalue weighted by molar-refractivity contribution is 7.89. The van der Waals surface area contributed by atoms with E-state index in [1.807, 2.05) is 26.0 Å². The van der Waals surface area contributed by atoms with Gasteiger partial charge in [0.25, 0.3) is 5.91 Å². The van der Waals surface area contributed by atoms with Gasteiger partial charge in [-0.05, 0) is 49.8 Å². The maximum Gasteiger partial charge on any atom is 0.309 e. The molecule has 8 heteroatoms. The Balaban J connectivity index is 1.84. The number of rotatable bonds is 9. The van der Waals surface area contributed by atoms with Crippen LogP contribution in [0.25, 0.3) is 0 Å². The van der Waals surface area contributed by atoms with Crippen LogP contribution in [0, 0.1) is 5.92 Å². The van der Waals surface area contributed by atoms with Gasteiger partial charge in [0.15, 0.2) is 6.61 Å². The van der Waals surface area contributed by atoms with E-state index in [-0.39, 0.29) is 42.5 Å². The number of piperidine rings is 1. The highest BCUT2D eigenvalue weighted by Crippen LogP contribution is 2.25. The fourth-order valence-electron chi connectivity index (χ4n) is 3.58. The molecule has 0 aromatic heterocycles. The van der Waals surface area contributed by atoms with Gasteiger partial charge in [-0.25, -0.2) is 8.42 Å². The number of benzene rings is 1. The molecule has 1 unspecified atom stereocenters. The number of amides is 1. The molecule has 2 rings (SSSR count). The van der Waals surface area contributed by atoms with Crippen molar-refractivity contribution in [3.8, 4) is 0 Å². The average molecular weight is 439 g/mol. The summed E-state index contributed by atoms with van der Waals surface area (Å²) in [5.74, 6) is -0.804. The summed E-state index contributed by atoms with van der Waals surface area (Å²) in [5, 5.41) is 2.79. The second kappa shape index (κ2) is 10.9. The quantitative estimate of drug-likeness (QED) is 0.598. The van der Waals surface area contributed by atoms with E-state index in [0.717, 1.165) is 18.4 Å². The van der Waals surface area contributed by atoms with E-state index in [2.05, 4.69) is 19.2 Å². The normalized spacial score (nSPS) is 17.0.